The van der Waals surface area contributed by atoms with Crippen molar-refractivity contribution in [3.05, 3.63) is 59.0 Å². The molecule has 4 atom stereocenters. The first-order chi connectivity index (χ1) is 17.6. The zero-order valence-corrected chi connectivity index (χ0v) is 20.8. The number of aliphatic hydroxyl groups is 2. The molecular formula is C25H27F2N5O4S. The van der Waals surface area contributed by atoms with E-state index in [0.717, 1.165) is 29.0 Å². The Kier molecular flexibility index (Phi) is 6.71. The standard InChI is InChI=1S/C25H27F2N5O4S/c1-11-4-12(5-17(28)21(11)33)14-2-3-30-8-18(14)31-23(34)20-22(29)37-24(32-20)19-15(26)6-13(7-16(19)27)25(35)9-36-10-25/h2-3,6-8,11-12,17,21,33,35H,4-5,9-10,28-29H2,1H3,(H,31,34)/t11-,12+,17+,21+/m0/s1. The molecule has 0 radical (unpaired) electrons. The van der Waals surface area contributed by atoms with E-state index in [0.29, 0.717) is 18.5 Å². The molecule has 1 saturated heterocycles. The summed E-state index contributed by atoms with van der Waals surface area (Å²) >= 11 is 0.780. The number of pyridine rings is 1. The molecule has 3 heterocycles. The van der Waals surface area contributed by atoms with E-state index in [-0.39, 0.29) is 46.3 Å². The second-order valence-electron chi connectivity index (χ2n) is 9.79. The van der Waals surface area contributed by atoms with Crippen molar-refractivity contribution in [3.63, 3.8) is 0 Å². The molecule has 0 bridgehead atoms. The second-order valence-corrected chi connectivity index (χ2v) is 10.8. The lowest BCUT2D eigenvalue weighted by molar-refractivity contribution is -0.184. The molecule has 196 valence electrons. The second kappa shape index (κ2) is 9.69. The normalized spacial score (nSPS) is 24.9. The molecule has 37 heavy (non-hydrogen) atoms. The van der Waals surface area contributed by atoms with Crippen LogP contribution in [0.15, 0.2) is 30.6 Å². The van der Waals surface area contributed by atoms with E-state index in [9.17, 15) is 23.8 Å². The van der Waals surface area contributed by atoms with Gasteiger partial charge in [0.15, 0.2) is 5.69 Å². The summed E-state index contributed by atoms with van der Waals surface area (Å²) < 4.78 is 34.8. The van der Waals surface area contributed by atoms with E-state index < -0.39 is 40.9 Å². The summed E-state index contributed by atoms with van der Waals surface area (Å²) in [6, 6.07) is 3.47. The molecule has 2 aromatic heterocycles. The number of rotatable bonds is 5. The third-order valence-corrected chi connectivity index (χ3v) is 8.02. The molecule has 1 aromatic carbocycles. The van der Waals surface area contributed by atoms with Gasteiger partial charge < -0.3 is 31.7 Å². The maximum Gasteiger partial charge on any atom is 0.277 e. The van der Waals surface area contributed by atoms with Gasteiger partial charge in [-0.3, -0.25) is 9.78 Å². The van der Waals surface area contributed by atoms with E-state index >= 15 is 0 Å². The van der Waals surface area contributed by atoms with Gasteiger partial charge in [0.25, 0.3) is 5.91 Å². The van der Waals surface area contributed by atoms with Crippen LogP contribution in [0.3, 0.4) is 0 Å². The lowest BCUT2D eigenvalue weighted by Gasteiger charge is -2.36. The number of benzene rings is 1. The summed E-state index contributed by atoms with van der Waals surface area (Å²) in [5.74, 6) is -2.55. The van der Waals surface area contributed by atoms with E-state index in [4.69, 9.17) is 16.2 Å². The van der Waals surface area contributed by atoms with Gasteiger partial charge in [0.1, 0.15) is 27.2 Å². The lowest BCUT2D eigenvalue weighted by Crippen LogP contribution is -2.46. The van der Waals surface area contributed by atoms with E-state index in [1.54, 1.807) is 12.3 Å². The number of nitrogens with two attached hydrogens (primary N) is 2. The topological polar surface area (TPSA) is 157 Å². The number of amides is 1. The average Bonchev–Trinajstić information content (AvgIpc) is 3.21. The Morgan fingerprint density at radius 2 is 1.97 bits per heavy atom. The minimum atomic E-state index is -1.44. The minimum absolute atomic E-state index is 0.00682. The summed E-state index contributed by atoms with van der Waals surface area (Å²) in [6.07, 6.45) is 3.75. The van der Waals surface area contributed by atoms with Crippen LogP contribution in [-0.4, -0.2) is 51.4 Å². The van der Waals surface area contributed by atoms with Crippen molar-refractivity contribution in [1.82, 2.24) is 9.97 Å². The molecule has 2 aliphatic rings. The molecule has 1 saturated carbocycles. The summed E-state index contributed by atoms with van der Waals surface area (Å²) in [5.41, 5.74) is 11.4. The Labute approximate surface area is 215 Å². The van der Waals surface area contributed by atoms with Gasteiger partial charge in [-0.2, -0.15) is 0 Å². The third kappa shape index (κ3) is 4.71. The van der Waals surface area contributed by atoms with Crippen molar-refractivity contribution in [2.45, 2.75) is 43.4 Å². The predicted octanol–water partition coefficient (Wildman–Crippen LogP) is 2.74. The van der Waals surface area contributed by atoms with Crippen LogP contribution in [0, 0.1) is 17.6 Å². The van der Waals surface area contributed by atoms with Crippen LogP contribution in [0.4, 0.5) is 19.5 Å². The predicted molar refractivity (Wildman–Crippen MR) is 134 cm³/mol. The molecular weight excluding hydrogens is 504 g/mol. The van der Waals surface area contributed by atoms with E-state index in [2.05, 4.69) is 15.3 Å². The van der Waals surface area contributed by atoms with Crippen LogP contribution in [0.1, 0.15) is 47.3 Å². The zero-order chi connectivity index (χ0) is 26.5. The van der Waals surface area contributed by atoms with Crippen molar-refractivity contribution in [1.29, 1.82) is 0 Å². The third-order valence-electron chi connectivity index (χ3n) is 7.12. The van der Waals surface area contributed by atoms with Crippen molar-refractivity contribution < 1.29 is 28.5 Å². The first kappa shape index (κ1) is 25.6. The summed E-state index contributed by atoms with van der Waals surface area (Å²) in [5, 5.41) is 23.2. The number of hydrogen-bond acceptors (Lipinski definition) is 9. The lowest BCUT2D eigenvalue weighted by atomic mass is 9.74. The maximum atomic E-state index is 14.9. The van der Waals surface area contributed by atoms with Crippen molar-refractivity contribution >= 4 is 27.9 Å². The first-order valence-corrected chi connectivity index (χ1v) is 12.6. The quantitative estimate of drug-likeness (QED) is 0.336. The highest BCUT2D eigenvalue weighted by Gasteiger charge is 2.39. The fourth-order valence-electron chi connectivity index (χ4n) is 4.99. The maximum absolute atomic E-state index is 14.9. The van der Waals surface area contributed by atoms with Gasteiger partial charge >= 0.3 is 0 Å². The molecule has 1 aliphatic carbocycles. The molecule has 9 nitrogen and oxygen atoms in total. The number of anilines is 2. The SMILES string of the molecule is C[C@H]1C[C@@H](c2ccncc2NC(=O)c2nc(-c3c(F)cc(C4(O)COC4)cc3F)sc2N)C[C@@H](N)[C@@H]1O. The van der Waals surface area contributed by atoms with Gasteiger partial charge in [-0.1, -0.05) is 18.3 Å². The molecule has 7 N–H and O–H groups in total. The Balaban J connectivity index is 1.40. The number of halogens is 2. The zero-order valence-electron chi connectivity index (χ0n) is 19.9. The van der Waals surface area contributed by atoms with Crippen LogP contribution in [0.5, 0.6) is 0 Å². The smallest absolute Gasteiger partial charge is 0.277 e. The Hall–Kier alpha value is -3.03. The monoisotopic (exact) mass is 531 g/mol. The van der Waals surface area contributed by atoms with Gasteiger partial charge in [0.2, 0.25) is 0 Å². The molecule has 0 spiro atoms. The number of carbonyl (C=O) groups excluding carboxylic acids is 1. The van der Waals surface area contributed by atoms with Gasteiger partial charge in [-0.15, -0.1) is 0 Å². The highest BCUT2D eigenvalue weighted by molar-refractivity contribution is 7.19. The van der Waals surface area contributed by atoms with Gasteiger partial charge in [-0.25, -0.2) is 13.8 Å². The van der Waals surface area contributed by atoms with Crippen LogP contribution < -0.4 is 16.8 Å². The number of nitrogens with one attached hydrogen (secondary N) is 1. The molecule has 0 unspecified atom stereocenters. The molecule has 2 fully saturated rings. The highest BCUT2D eigenvalue weighted by atomic mass is 32.1. The van der Waals surface area contributed by atoms with Crippen LogP contribution >= 0.6 is 11.3 Å². The van der Waals surface area contributed by atoms with Crippen molar-refractivity contribution in [2.75, 3.05) is 24.3 Å². The average molecular weight is 532 g/mol. The minimum Gasteiger partial charge on any atom is -0.391 e. The highest BCUT2D eigenvalue weighted by Crippen LogP contribution is 2.40. The number of hydrogen-bond donors (Lipinski definition) is 5. The summed E-state index contributed by atoms with van der Waals surface area (Å²) in [4.78, 5) is 21.4. The van der Waals surface area contributed by atoms with E-state index in [1.807, 2.05) is 6.92 Å². The number of carbonyl (C=O) groups is 1. The number of nitrogen functional groups attached to an aromatic ring is 1. The molecule has 12 heteroatoms. The Morgan fingerprint density at radius 3 is 2.59 bits per heavy atom. The summed E-state index contributed by atoms with van der Waals surface area (Å²) in [6.45, 7) is 1.82. The van der Waals surface area contributed by atoms with Crippen molar-refractivity contribution in [3.8, 4) is 10.6 Å². The number of nitrogens with zero attached hydrogens (tertiary/aromatic N) is 2. The largest absolute Gasteiger partial charge is 0.391 e. The van der Waals surface area contributed by atoms with Crippen LogP contribution in [-0.2, 0) is 10.3 Å². The number of ether oxygens (including phenoxy) is 1. The van der Waals surface area contributed by atoms with Crippen molar-refractivity contribution in [2.24, 2.45) is 11.7 Å². The fourth-order valence-corrected chi connectivity index (χ4v) is 5.86. The van der Waals surface area contributed by atoms with Gasteiger partial charge in [0.05, 0.1) is 36.8 Å². The van der Waals surface area contributed by atoms with Crippen LogP contribution in [0.2, 0.25) is 0 Å². The Morgan fingerprint density at radius 1 is 1.27 bits per heavy atom. The molecule has 1 aliphatic heterocycles. The molecule has 3 aromatic rings. The Bertz CT molecular complexity index is 1310. The number of thiazole rings is 1. The fraction of sp³-hybridized carbons (Fsp3) is 0.400. The molecule has 1 amide bonds. The number of aliphatic hydroxyl groups excluding tert-OH is 1. The number of aromatic nitrogens is 2. The summed E-state index contributed by atoms with van der Waals surface area (Å²) in [7, 11) is 0. The molecule has 5 rings (SSSR count). The van der Waals surface area contributed by atoms with Crippen LogP contribution in [0.25, 0.3) is 10.6 Å². The first-order valence-electron chi connectivity index (χ1n) is 11.8. The van der Waals surface area contributed by atoms with E-state index in [1.165, 1.54) is 6.20 Å². The van der Waals surface area contributed by atoms with Gasteiger partial charge in [-0.05, 0) is 54.0 Å². The van der Waals surface area contributed by atoms with Gasteiger partial charge in [0, 0.05) is 12.2 Å².